The van der Waals surface area contributed by atoms with Crippen LogP contribution in [0.15, 0.2) is 23.6 Å². The van der Waals surface area contributed by atoms with Gasteiger partial charge in [-0.15, -0.1) is 11.3 Å². The summed E-state index contributed by atoms with van der Waals surface area (Å²) in [5.41, 5.74) is 2.12. The van der Waals surface area contributed by atoms with Crippen molar-refractivity contribution in [3.05, 3.63) is 45.7 Å². The predicted octanol–water partition coefficient (Wildman–Crippen LogP) is 3.30. The molecule has 3 rings (SSSR count). The SMILES string of the molecule is Cc1ccc(F)c(N2CCCC(NC(=O)c3csc(C)n3)C2)c1. The summed E-state index contributed by atoms with van der Waals surface area (Å²) in [5.74, 6) is -0.358. The van der Waals surface area contributed by atoms with Crippen LogP contribution >= 0.6 is 11.3 Å². The Kier molecular flexibility index (Phi) is 4.61. The number of benzene rings is 1. The van der Waals surface area contributed by atoms with Gasteiger partial charge >= 0.3 is 0 Å². The standard InChI is InChI=1S/C17H20FN3OS/c1-11-5-6-14(18)16(8-11)21-7-3-4-13(9-21)20-17(22)15-10-23-12(2)19-15/h5-6,8,10,13H,3-4,7,9H2,1-2H3,(H,20,22). The summed E-state index contributed by atoms with van der Waals surface area (Å²) in [6.45, 7) is 5.26. The molecule has 1 atom stereocenters. The van der Waals surface area contributed by atoms with Crippen molar-refractivity contribution in [1.29, 1.82) is 0 Å². The topological polar surface area (TPSA) is 45.2 Å². The van der Waals surface area contributed by atoms with Gasteiger partial charge in [0, 0.05) is 24.5 Å². The number of hydrogen-bond donors (Lipinski definition) is 1. The summed E-state index contributed by atoms with van der Waals surface area (Å²) in [5, 5.41) is 5.67. The number of amides is 1. The minimum Gasteiger partial charge on any atom is -0.367 e. The zero-order valence-corrected chi connectivity index (χ0v) is 14.1. The van der Waals surface area contributed by atoms with E-state index in [1.54, 1.807) is 11.4 Å². The van der Waals surface area contributed by atoms with Gasteiger partial charge in [-0.25, -0.2) is 9.37 Å². The maximum absolute atomic E-state index is 14.1. The Balaban J connectivity index is 1.68. The van der Waals surface area contributed by atoms with Gasteiger partial charge in [0.05, 0.1) is 10.7 Å². The maximum atomic E-state index is 14.1. The number of carbonyl (C=O) groups excluding carboxylic acids is 1. The van der Waals surface area contributed by atoms with Crippen molar-refractivity contribution in [3.63, 3.8) is 0 Å². The minimum absolute atomic E-state index is 0.0122. The van der Waals surface area contributed by atoms with Crippen LogP contribution in [0, 0.1) is 19.7 Å². The molecule has 0 saturated carbocycles. The highest BCUT2D eigenvalue weighted by Gasteiger charge is 2.24. The Morgan fingerprint density at radius 2 is 2.26 bits per heavy atom. The molecule has 23 heavy (non-hydrogen) atoms. The van der Waals surface area contributed by atoms with E-state index in [9.17, 15) is 9.18 Å². The predicted molar refractivity (Wildman–Crippen MR) is 90.7 cm³/mol. The summed E-state index contributed by atoms with van der Waals surface area (Å²) in [6.07, 6.45) is 1.83. The molecular formula is C17H20FN3OS. The van der Waals surface area contributed by atoms with E-state index < -0.39 is 0 Å². The molecule has 0 radical (unpaired) electrons. The van der Waals surface area contributed by atoms with Crippen molar-refractivity contribution in [2.24, 2.45) is 0 Å². The molecule has 1 N–H and O–H groups in total. The number of anilines is 1. The fourth-order valence-electron chi connectivity index (χ4n) is 2.91. The van der Waals surface area contributed by atoms with Crippen molar-refractivity contribution >= 4 is 22.9 Å². The fraction of sp³-hybridized carbons (Fsp3) is 0.412. The van der Waals surface area contributed by atoms with Crippen molar-refractivity contribution < 1.29 is 9.18 Å². The Morgan fingerprint density at radius 1 is 1.43 bits per heavy atom. The number of nitrogens with one attached hydrogen (secondary N) is 1. The first-order chi connectivity index (χ1) is 11.0. The lowest BCUT2D eigenvalue weighted by atomic mass is 10.0. The summed E-state index contributed by atoms with van der Waals surface area (Å²) < 4.78 is 14.1. The van der Waals surface area contributed by atoms with Crippen LogP contribution in [-0.4, -0.2) is 30.0 Å². The molecule has 4 nitrogen and oxygen atoms in total. The van der Waals surface area contributed by atoms with Crippen LogP contribution in [0.4, 0.5) is 10.1 Å². The van der Waals surface area contributed by atoms with Gasteiger partial charge in [-0.2, -0.15) is 0 Å². The Morgan fingerprint density at radius 3 is 3.00 bits per heavy atom. The van der Waals surface area contributed by atoms with Crippen LogP contribution < -0.4 is 10.2 Å². The number of carbonyl (C=O) groups is 1. The average molecular weight is 333 g/mol. The average Bonchev–Trinajstić information content (AvgIpc) is 2.97. The summed E-state index contributed by atoms with van der Waals surface area (Å²) >= 11 is 1.46. The van der Waals surface area contributed by atoms with Crippen LogP contribution in [-0.2, 0) is 0 Å². The van der Waals surface area contributed by atoms with Gasteiger partial charge in [-0.05, 0) is 44.4 Å². The third kappa shape index (κ3) is 3.69. The Labute approximate surface area is 139 Å². The van der Waals surface area contributed by atoms with Crippen LogP contribution in [0.1, 0.15) is 33.9 Å². The molecule has 6 heteroatoms. The normalized spacial score (nSPS) is 18.0. The second-order valence-electron chi connectivity index (χ2n) is 5.97. The van der Waals surface area contributed by atoms with Gasteiger partial charge in [-0.3, -0.25) is 4.79 Å². The monoisotopic (exact) mass is 333 g/mol. The zero-order valence-electron chi connectivity index (χ0n) is 13.3. The molecule has 1 saturated heterocycles. The third-order valence-electron chi connectivity index (χ3n) is 4.05. The lowest BCUT2D eigenvalue weighted by Crippen LogP contribution is -2.48. The minimum atomic E-state index is -0.210. The maximum Gasteiger partial charge on any atom is 0.271 e. The first-order valence-electron chi connectivity index (χ1n) is 7.77. The van der Waals surface area contributed by atoms with Crippen molar-refractivity contribution in [1.82, 2.24) is 10.3 Å². The fourth-order valence-corrected chi connectivity index (χ4v) is 3.50. The Hall–Kier alpha value is -1.95. The molecule has 1 aliphatic heterocycles. The highest BCUT2D eigenvalue weighted by Crippen LogP contribution is 2.24. The van der Waals surface area contributed by atoms with E-state index in [0.29, 0.717) is 17.9 Å². The molecule has 1 aromatic carbocycles. The Bertz CT molecular complexity index is 716. The molecular weight excluding hydrogens is 313 g/mol. The van der Waals surface area contributed by atoms with E-state index in [4.69, 9.17) is 0 Å². The van der Waals surface area contributed by atoms with Gasteiger partial charge in [-0.1, -0.05) is 6.07 Å². The first-order valence-corrected chi connectivity index (χ1v) is 8.65. The molecule has 1 aromatic heterocycles. The molecule has 2 aromatic rings. The quantitative estimate of drug-likeness (QED) is 0.937. The molecule has 1 amide bonds. The van der Waals surface area contributed by atoms with Gasteiger partial charge in [0.1, 0.15) is 11.5 Å². The van der Waals surface area contributed by atoms with Gasteiger partial charge in [0.15, 0.2) is 0 Å². The van der Waals surface area contributed by atoms with Crippen molar-refractivity contribution in [2.75, 3.05) is 18.0 Å². The molecule has 0 aliphatic carbocycles. The number of nitrogens with zero attached hydrogens (tertiary/aromatic N) is 2. The number of thiazole rings is 1. The summed E-state index contributed by atoms with van der Waals surface area (Å²) in [7, 11) is 0. The highest BCUT2D eigenvalue weighted by molar-refractivity contribution is 7.09. The van der Waals surface area contributed by atoms with E-state index in [1.807, 2.05) is 24.8 Å². The van der Waals surface area contributed by atoms with Crippen molar-refractivity contribution in [3.8, 4) is 0 Å². The van der Waals surface area contributed by atoms with Crippen LogP contribution in [0.5, 0.6) is 0 Å². The number of halogens is 1. The molecule has 0 spiro atoms. The lowest BCUT2D eigenvalue weighted by molar-refractivity contribution is 0.0928. The number of aromatic nitrogens is 1. The van der Waals surface area contributed by atoms with Crippen LogP contribution in [0.25, 0.3) is 0 Å². The van der Waals surface area contributed by atoms with E-state index in [-0.39, 0.29) is 17.8 Å². The van der Waals surface area contributed by atoms with E-state index in [1.165, 1.54) is 17.4 Å². The largest absolute Gasteiger partial charge is 0.367 e. The number of aryl methyl sites for hydroxylation is 2. The molecule has 1 aliphatic rings. The number of piperidine rings is 1. The van der Waals surface area contributed by atoms with Crippen LogP contribution in [0.3, 0.4) is 0 Å². The number of rotatable bonds is 3. The van der Waals surface area contributed by atoms with E-state index in [2.05, 4.69) is 10.3 Å². The first kappa shape index (κ1) is 15.9. The van der Waals surface area contributed by atoms with Crippen LogP contribution in [0.2, 0.25) is 0 Å². The zero-order chi connectivity index (χ0) is 16.4. The van der Waals surface area contributed by atoms with E-state index in [0.717, 1.165) is 30.0 Å². The van der Waals surface area contributed by atoms with Gasteiger partial charge in [0.2, 0.25) is 0 Å². The highest BCUT2D eigenvalue weighted by atomic mass is 32.1. The van der Waals surface area contributed by atoms with Crippen molar-refractivity contribution in [2.45, 2.75) is 32.7 Å². The third-order valence-corrected chi connectivity index (χ3v) is 4.82. The molecule has 2 heterocycles. The van der Waals surface area contributed by atoms with Gasteiger partial charge < -0.3 is 10.2 Å². The molecule has 122 valence electrons. The second kappa shape index (κ2) is 6.66. The number of hydrogen-bond acceptors (Lipinski definition) is 4. The van der Waals surface area contributed by atoms with Gasteiger partial charge in [0.25, 0.3) is 5.91 Å². The second-order valence-corrected chi connectivity index (χ2v) is 7.03. The van der Waals surface area contributed by atoms with E-state index >= 15 is 0 Å². The molecule has 0 bridgehead atoms. The smallest absolute Gasteiger partial charge is 0.271 e. The summed E-state index contributed by atoms with van der Waals surface area (Å²) in [6, 6.07) is 5.15. The summed E-state index contributed by atoms with van der Waals surface area (Å²) in [4.78, 5) is 18.5. The molecule has 1 unspecified atom stereocenters. The lowest BCUT2D eigenvalue weighted by Gasteiger charge is -2.35. The molecule has 1 fully saturated rings.